The molecule has 1 unspecified atom stereocenters. The Labute approximate surface area is 100 Å². The molecule has 0 spiro atoms. The quantitative estimate of drug-likeness (QED) is 0.747. The van der Waals surface area contributed by atoms with Crippen LogP contribution in [-0.2, 0) is 0 Å². The van der Waals surface area contributed by atoms with Gasteiger partial charge in [-0.3, -0.25) is 0 Å². The average Bonchev–Trinajstić information content (AvgIpc) is 2.56. The minimum atomic E-state index is 0.231. The lowest BCUT2D eigenvalue weighted by Crippen LogP contribution is -2.41. The highest BCUT2D eigenvalue weighted by Gasteiger charge is 2.34. The summed E-state index contributed by atoms with van der Waals surface area (Å²) in [5.41, 5.74) is 0.231. The molecule has 0 radical (unpaired) electrons. The van der Waals surface area contributed by atoms with Crippen LogP contribution in [0.3, 0.4) is 0 Å². The third kappa shape index (κ3) is 2.78. The number of nitrogens with zero attached hydrogens (tertiary/aromatic N) is 1. The molecular weight excluding hydrogens is 198 g/mol. The highest BCUT2D eigenvalue weighted by atomic mass is 16.3. The number of likely N-dealkylation sites (tertiary alicyclic amines) is 1. The lowest BCUT2D eigenvalue weighted by Gasteiger charge is -2.36. The molecule has 1 atom stereocenters. The smallest absolute Gasteiger partial charge is 0.0499 e. The summed E-state index contributed by atoms with van der Waals surface area (Å²) in [4.78, 5) is 2.61. The van der Waals surface area contributed by atoms with Crippen molar-refractivity contribution in [3.63, 3.8) is 0 Å². The van der Waals surface area contributed by atoms with Crippen LogP contribution in [0.15, 0.2) is 0 Å². The maximum absolute atomic E-state index is 9.79. The summed E-state index contributed by atoms with van der Waals surface area (Å²) in [5, 5.41) is 9.79. The van der Waals surface area contributed by atoms with Crippen LogP contribution in [0.5, 0.6) is 0 Å². The maximum atomic E-state index is 9.79. The first-order valence-corrected chi connectivity index (χ1v) is 7.11. The number of hydrogen-bond acceptors (Lipinski definition) is 2. The zero-order valence-electron chi connectivity index (χ0n) is 10.7. The Morgan fingerprint density at radius 3 is 2.31 bits per heavy atom. The van der Waals surface area contributed by atoms with Gasteiger partial charge in [-0.15, -0.1) is 0 Å². The third-order valence-electron chi connectivity index (χ3n) is 4.73. The first kappa shape index (κ1) is 12.4. The van der Waals surface area contributed by atoms with Gasteiger partial charge in [-0.25, -0.2) is 0 Å². The van der Waals surface area contributed by atoms with Gasteiger partial charge in [-0.1, -0.05) is 25.7 Å². The minimum absolute atomic E-state index is 0.231. The van der Waals surface area contributed by atoms with E-state index in [1.165, 1.54) is 57.9 Å². The Morgan fingerprint density at radius 2 is 1.81 bits per heavy atom. The third-order valence-corrected chi connectivity index (χ3v) is 4.73. The molecule has 2 heteroatoms. The van der Waals surface area contributed by atoms with Crippen molar-refractivity contribution in [1.29, 1.82) is 0 Å². The van der Waals surface area contributed by atoms with Crippen molar-refractivity contribution in [1.82, 2.24) is 4.90 Å². The van der Waals surface area contributed by atoms with E-state index in [1.807, 2.05) is 0 Å². The number of hydrogen-bond donors (Lipinski definition) is 1. The van der Waals surface area contributed by atoms with Crippen LogP contribution in [0.25, 0.3) is 0 Å². The highest BCUT2D eigenvalue weighted by molar-refractivity contribution is 4.87. The van der Waals surface area contributed by atoms with Gasteiger partial charge in [0.1, 0.15) is 0 Å². The Hall–Kier alpha value is -0.0800. The van der Waals surface area contributed by atoms with Crippen molar-refractivity contribution in [3.05, 3.63) is 0 Å². The van der Waals surface area contributed by atoms with Gasteiger partial charge < -0.3 is 10.0 Å². The molecule has 1 aliphatic heterocycles. The standard InChI is InChI=1S/C14H27NO/c1-13-7-6-10-15(13)11-14(12-16)8-4-2-3-5-9-14/h13,16H,2-12H2,1H3. The largest absolute Gasteiger partial charge is 0.396 e. The molecule has 2 rings (SSSR count). The van der Waals surface area contributed by atoms with E-state index in [9.17, 15) is 5.11 Å². The number of aliphatic hydroxyl groups excluding tert-OH is 1. The fourth-order valence-corrected chi connectivity index (χ4v) is 3.50. The summed E-state index contributed by atoms with van der Waals surface area (Å²) in [5.74, 6) is 0. The predicted molar refractivity (Wildman–Crippen MR) is 67.5 cm³/mol. The van der Waals surface area contributed by atoms with Gasteiger partial charge in [-0.2, -0.15) is 0 Å². The summed E-state index contributed by atoms with van der Waals surface area (Å²) in [6.07, 6.45) is 10.6. The molecule has 1 saturated heterocycles. The molecule has 16 heavy (non-hydrogen) atoms. The molecule has 2 aliphatic rings. The molecular formula is C14H27NO. The van der Waals surface area contributed by atoms with Crippen molar-refractivity contribution in [2.75, 3.05) is 19.7 Å². The molecule has 1 aliphatic carbocycles. The summed E-state index contributed by atoms with van der Waals surface area (Å²) < 4.78 is 0. The first-order valence-electron chi connectivity index (χ1n) is 7.11. The molecule has 2 nitrogen and oxygen atoms in total. The van der Waals surface area contributed by atoms with E-state index in [2.05, 4.69) is 11.8 Å². The number of aliphatic hydroxyl groups is 1. The zero-order chi connectivity index (χ0) is 11.4. The molecule has 0 amide bonds. The molecule has 2 fully saturated rings. The zero-order valence-corrected chi connectivity index (χ0v) is 10.7. The Kier molecular flexibility index (Phi) is 4.26. The van der Waals surface area contributed by atoms with E-state index in [0.29, 0.717) is 6.61 Å². The van der Waals surface area contributed by atoms with Crippen molar-refractivity contribution in [2.24, 2.45) is 5.41 Å². The summed E-state index contributed by atoms with van der Waals surface area (Å²) >= 11 is 0. The Balaban J connectivity index is 1.96. The molecule has 0 aromatic rings. The maximum Gasteiger partial charge on any atom is 0.0499 e. The van der Waals surface area contributed by atoms with E-state index in [1.54, 1.807) is 0 Å². The van der Waals surface area contributed by atoms with Gasteiger partial charge in [0.25, 0.3) is 0 Å². The highest BCUT2D eigenvalue weighted by Crippen LogP contribution is 2.36. The second-order valence-electron chi connectivity index (χ2n) is 6.03. The molecule has 94 valence electrons. The van der Waals surface area contributed by atoms with Gasteiger partial charge in [0, 0.05) is 24.6 Å². The SMILES string of the molecule is CC1CCCN1CC1(CO)CCCCCC1. The van der Waals surface area contributed by atoms with Crippen molar-refractivity contribution in [2.45, 2.75) is 64.3 Å². The van der Waals surface area contributed by atoms with Crippen molar-refractivity contribution in [3.8, 4) is 0 Å². The van der Waals surface area contributed by atoms with Crippen molar-refractivity contribution < 1.29 is 5.11 Å². The Morgan fingerprint density at radius 1 is 1.12 bits per heavy atom. The second-order valence-corrected chi connectivity index (χ2v) is 6.03. The first-order chi connectivity index (χ1) is 7.76. The van der Waals surface area contributed by atoms with Crippen LogP contribution in [0.2, 0.25) is 0 Å². The lowest BCUT2D eigenvalue weighted by atomic mass is 9.80. The normalized spacial score (nSPS) is 31.5. The molecule has 1 N–H and O–H groups in total. The fraction of sp³-hybridized carbons (Fsp3) is 1.00. The lowest BCUT2D eigenvalue weighted by molar-refractivity contribution is 0.0570. The molecule has 0 bridgehead atoms. The monoisotopic (exact) mass is 225 g/mol. The van der Waals surface area contributed by atoms with E-state index >= 15 is 0 Å². The van der Waals surface area contributed by atoms with Crippen LogP contribution in [0.4, 0.5) is 0 Å². The van der Waals surface area contributed by atoms with E-state index in [4.69, 9.17) is 0 Å². The fourth-order valence-electron chi connectivity index (χ4n) is 3.50. The van der Waals surface area contributed by atoms with Gasteiger partial charge in [0.05, 0.1) is 0 Å². The summed E-state index contributed by atoms with van der Waals surface area (Å²) in [6.45, 7) is 5.14. The summed E-state index contributed by atoms with van der Waals surface area (Å²) in [7, 11) is 0. The van der Waals surface area contributed by atoms with Crippen LogP contribution in [0, 0.1) is 5.41 Å². The van der Waals surface area contributed by atoms with E-state index in [0.717, 1.165) is 12.6 Å². The Bertz CT molecular complexity index is 209. The second kappa shape index (κ2) is 5.50. The molecule has 1 saturated carbocycles. The van der Waals surface area contributed by atoms with Crippen molar-refractivity contribution >= 4 is 0 Å². The molecule has 1 heterocycles. The van der Waals surface area contributed by atoms with Crippen LogP contribution in [-0.4, -0.2) is 35.7 Å². The van der Waals surface area contributed by atoms with Gasteiger partial charge in [-0.05, 0) is 39.2 Å². The number of rotatable bonds is 3. The van der Waals surface area contributed by atoms with Gasteiger partial charge in [0.2, 0.25) is 0 Å². The van der Waals surface area contributed by atoms with Crippen LogP contribution >= 0.6 is 0 Å². The average molecular weight is 225 g/mol. The molecule has 0 aromatic heterocycles. The minimum Gasteiger partial charge on any atom is -0.396 e. The van der Waals surface area contributed by atoms with Gasteiger partial charge in [0.15, 0.2) is 0 Å². The predicted octanol–water partition coefficient (Wildman–Crippen LogP) is 2.80. The molecule has 0 aromatic carbocycles. The van der Waals surface area contributed by atoms with E-state index in [-0.39, 0.29) is 5.41 Å². The van der Waals surface area contributed by atoms with Crippen LogP contribution in [0.1, 0.15) is 58.3 Å². The van der Waals surface area contributed by atoms with Crippen LogP contribution < -0.4 is 0 Å². The van der Waals surface area contributed by atoms with Gasteiger partial charge >= 0.3 is 0 Å². The summed E-state index contributed by atoms with van der Waals surface area (Å²) in [6, 6.07) is 0.742. The topological polar surface area (TPSA) is 23.5 Å². The van der Waals surface area contributed by atoms with E-state index < -0.39 is 0 Å².